The van der Waals surface area contributed by atoms with Gasteiger partial charge in [0.05, 0.1) is 7.11 Å². The van der Waals surface area contributed by atoms with Crippen molar-refractivity contribution in [1.82, 2.24) is 0 Å². The van der Waals surface area contributed by atoms with Crippen molar-refractivity contribution in [1.29, 1.82) is 0 Å². The summed E-state index contributed by atoms with van der Waals surface area (Å²) in [4.78, 5) is 0. The Morgan fingerprint density at radius 3 is 2.45 bits per heavy atom. The fourth-order valence-corrected chi connectivity index (χ4v) is 0.867. The van der Waals surface area contributed by atoms with E-state index in [1.54, 1.807) is 7.11 Å². The molecule has 0 spiro atoms. The smallest absolute Gasteiger partial charge is 0.0743 e. The van der Waals surface area contributed by atoms with Crippen LogP contribution >= 0.6 is 0 Å². The summed E-state index contributed by atoms with van der Waals surface area (Å²) in [6.45, 7) is 4.09. The normalized spacial score (nSPS) is 8.64. The first kappa shape index (κ1) is 11.5. The average molecular weight is 362 g/mol. The summed E-state index contributed by atoms with van der Waals surface area (Å²) in [7, 11) is 1.66. The Kier molecular flexibility index (Phi) is 5.38. The molecule has 11 heavy (non-hydrogen) atoms. The number of methoxy groups -OCH3 is 1. The molecule has 0 saturated heterocycles. The predicted octanol–water partition coefficient (Wildman–Crippen LogP) is 2.11. The maximum Gasteiger partial charge on any atom is 0.0743 e. The van der Waals surface area contributed by atoms with Crippen LogP contribution in [0.5, 0.6) is 5.75 Å². The first-order valence-corrected chi connectivity index (χ1v) is 3.27. The van der Waals surface area contributed by atoms with Gasteiger partial charge >= 0.3 is 0 Å². The van der Waals surface area contributed by atoms with Crippen molar-refractivity contribution in [3.8, 4) is 5.75 Å². The Morgan fingerprint density at radius 2 is 2.00 bits per heavy atom. The third kappa shape index (κ3) is 2.76. The van der Waals surface area contributed by atoms with E-state index in [2.05, 4.69) is 13.0 Å². The zero-order valence-corrected chi connectivity index (χ0v) is 11.9. The van der Waals surface area contributed by atoms with Crippen LogP contribution in [0, 0.1) is 64.0 Å². The second-order valence-electron chi connectivity index (χ2n) is 2.32. The van der Waals surface area contributed by atoms with Crippen LogP contribution < -0.4 is 4.74 Å². The summed E-state index contributed by atoms with van der Waals surface area (Å²) in [5.41, 5.74) is 2.42. The topological polar surface area (TPSA) is 9.23 Å². The van der Waals surface area contributed by atoms with Crippen LogP contribution in [0.4, 0.5) is 0 Å². The second-order valence-corrected chi connectivity index (χ2v) is 2.32. The Labute approximate surface area is 104 Å². The van der Waals surface area contributed by atoms with Gasteiger partial charge in [0, 0.05) is 49.8 Å². The van der Waals surface area contributed by atoms with Gasteiger partial charge in [0.1, 0.15) is 0 Å². The van der Waals surface area contributed by atoms with Gasteiger partial charge in [0.25, 0.3) is 0 Å². The molecule has 0 heterocycles. The number of aryl methyl sites for hydroxylation is 1. The van der Waals surface area contributed by atoms with Gasteiger partial charge in [0.15, 0.2) is 0 Å². The summed E-state index contributed by atoms with van der Waals surface area (Å²) in [6.07, 6.45) is 0. The van der Waals surface area contributed by atoms with Crippen molar-refractivity contribution in [3.63, 3.8) is 0 Å². The van der Waals surface area contributed by atoms with Crippen molar-refractivity contribution < 1.29 is 48.8 Å². The van der Waals surface area contributed by atoms with Crippen molar-refractivity contribution in [2.45, 2.75) is 13.8 Å². The molecule has 0 unspecified atom stereocenters. The molecule has 0 saturated carbocycles. The third-order valence-electron chi connectivity index (χ3n) is 1.68. The zero-order chi connectivity index (χ0) is 7.56. The molecule has 0 N–H and O–H groups in total. The van der Waals surface area contributed by atoms with Crippen LogP contribution in [0.15, 0.2) is 12.1 Å². The van der Waals surface area contributed by atoms with Gasteiger partial charge in [0.2, 0.25) is 0 Å². The number of hydrogen-bond donors (Lipinski definition) is 0. The number of hydrogen-bond acceptors (Lipinski definition) is 1. The Bertz CT molecular complexity index is 233. The number of benzene rings is 1. The van der Waals surface area contributed by atoms with Crippen molar-refractivity contribution in [2.75, 3.05) is 7.11 Å². The summed E-state index contributed by atoms with van der Waals surface area (Å²) < 4.78 is 5.07. The molecule has 0 fully saturated rings. The molecule has 1 aromatic rings. The van der Waals surface area contributed by atoms with Crippen LogP contribution in [0.1, 0.15) is 11.1 Å². The molecule has 57 valence electrons. The van der Waals surface area contributed by atoms with Crippen LogP contribution in [0.3, 0.4) is 0 Å². The van der Waals surface area contributed by atoms with Gasteiger partial charge in [-0.3, -0.25) is 0 Å². The standard InChI is InChI=1S/C9H11O.Ac/c1-7-5-4-6-9(10-3)8(7)2;/h4-5H,1-3H3;/q-1;. The zero-order valence-electron chi connectivity index (χ0n) is 7.14. The van der Waals surface area contributed by atoms with E-state index in [0.29, 0.717) is 0 Å². The Balaban J connectivity index is 0.000001000. The molecule has 0 aliphatic heterocycles. The maximum absolute atomic E-state index is 5.07. The van der Waals surface area contributed by atoms with E-state index in [-0.39, 0.29) is 44.1 Å². The average Bonchev–Trinajstić information content (AvgIpc) is 1.95. The number of ether oxygens (including phenoxy) is 1. The van der Waals surface area contributed by atoms with E-state index in [1.807, 2.05) is 19.1 Å². The first-order valence-electron chi connectivity index (χ1n) is 3.27. The van der Waals surface area contributed by atoms with E-state index in [4.69, 9.17) is 4.74 Å². The number of rotatable bonds is 1. The fourth-order valence-electron chi connectivity index (χ4n) is 0.867. The van der Waals surface area contributed by atoms with Gasteiger partial charge in [-0.25, -0.2) is 0 Å². The second kappa shape index (κ2) is 5.17. The molecule has 1 rings (SSSR count). The minimum atomic E-state index is 0. The Morgan fingerprint density at radius 1 is 1.36 bits per heavy atom. The van der Waals surface area contributed by atoms with Crippen molar-refractivity contribution >= 4 is 0 Å². The molecule has 2 heteroatoms. The minimum Gasteiger partial charge on any atom is -0.522 e. The molecule has 1 nitrogen and oxygen atoms in total. The summed E-state index contributed by atoms with van der Waals surface area (Å²) >= 11 is 0. The molecule has 1 radical (unpaired) electrons. The molecular weight excluding hydrogens is 351 g/mol. The van der Waals surface area contributed by atoms with Crippen molar-refractivity contribution in [3.05, 3.63) is 29.3 Å². The van der Waals surface area contributed by atoms with E-state index >= 15 is 0 Å². The predicted molar refractivity (Wildman–Crippen MR) is 41.3 cm³/mol. The van der Waals surface area contributed by atoms with Crippen LogP contribution in [-0.2, 0) is 0 Å². The van der Waals surface area contributed by atoms with E-state index in [1.165, 1.54) is 11.1 Å². The fraction of sp³-hybridized carbons (Fsp3) is 0.333. The monoisotopic (exact) mass is 362 g/mol. The van der Waals surface area contributed by atoms with E-state index in [0.717, 1.165) is 5.75 Å². The molecule has 1 aromatic carbocycles. The maximum atomic E-state index is 5.07. The van der Waals surface area contributed by atoms with E-state index in [9.17, 15) is 0 Å². The van der Waals surface area contributed by atoms with E-state index < -0.39 is 0 Å². The molecule has 0 bridgehead atoms. The molecule has 0 aliphatic rings. The van der Waals surface area contributed by atoms with Gasteiger partial charge < -0.3 is 4.74 Å². The quantitative estimate of drug-likeness (QED) is 0.696. The van der Waals surface area contributed by atoms with Crippen LogP contribution in [0.2, 0.25) is 0 Å². The molecule has 0 atom stereocenters. The minimum absolute atomic E-state index is 0. The van der Waals surface area contributed by atoms with Gasteiger partial charge in [-0.2, -0.15) is 17.7 Å². The molecular formula is C9H11AcO-. The van der Waals surface area contributed by atoms with Crippen molar-refractivity contribution in [2.24, 2.45) is 0 Å². The Hall–Kier alpha value is 0.462. The summed E-state index contributed by atoms with van der Waals surface area (Å²) in [6, 6.07) is 6.91. The largest absolute Gasteiger partial charge is 0.522 e. The SMILES string of the molecule is COc1[c-]ccc(C)c1C.[Ac]. The summed E-state index contributed by atoms with van der Waals surface area (Å²) in [5, 5.41) is 0. The van der Waals surface area contributed by atoms with Crippen LogP contribution in [0.25, 0.3) is 0 Å². The third-order valence-corrected chi connectivity index (χ3v) is 1.68. The van der Waals surface area contributed by atoms with Gasteiger partial charge in [-0.05, 0) is 0 Å². The van der Waals surface area contributed by atoms with Crippen LogP contribution in [-0.4, -0.2) is 7.11 Å². The first-order chi connectivity index (χ1) is 4.75. The molecule has 0 aliphatic carbocycles. The van der Waals surface area contributed by atoms with Gasteiger partial charge in [-0.1, -0.05) is 13.8 Å². The van der Waals surface area contributed by atoms with Gasteiger partial charge in [-0.15, -0.1) is 11.6 Å². The summed E-state index contributed by atoms with van der Waals surface area (Å²) in [5.74, 6) is 0.847. The molecule has 0 aromatic heterocycles. The molecule has 0 amide bonds.